The summed E-state index contributed by atoms with van der Waals surface area (Å²) >= 11 is 0. The van der Waals surface area contributed by atoms with Crippen LogP contribution in [0.4, 0.5) is 0 Å². The van der Waals surface area contributed by atoms with Gasteiger partial charge in [-0.2, -0.15) is 0 Å². The van der Waals surface area contributed by atoms with Crippen molar-refractivity contribution in [1.82, 2.24) is 19.7 Å². The number of rotatable bonds is 5. The molecule has 1 aliphatic heterocycles. The highest BCUT2D eigenvalue weighted by Gasteiger charge is 2.31. The lowest BCUT2D eigenvalue weighted by Crippen LogP contribution is -2.38. The van der Waals surface area contributed by atoms with Crippen LogP contribution < -0.4 is 0 Å². The van der Waals surface area contributed by atoms with Gasteiger partial charge in [0.25, 0.3) is 0 Å². The van der Waals surface area contributed by atoms with Crippen LogP contribution in [0.1, 0.15) is 82.0 Å². The molecule has 2 aliphatic carbocycles. The predicted molar refractivity (Wildman–Crippen MR) is 88.0 cm³/mol. The molecule has 3 aliphatic rings. The predicted octanol–water partition coefficient (Wildman–Crippen LogP) is 3.29. The van der Waals surface area contributed by atoms with Gasteiger partial charge in [0, 0.05) is 31.5 Å². The highest BCUT2D eigenvalue weighted by Crippen LogP contribution is 2.38. The maximum atomic E-state index is 12.4. The molecule has 1 amide bonds. The van der Waals surface area contributed by atoms with Crippen molar-refractivity contribution in [1.29, 1.82) is 0 Å². The third-order valence-corrected chi connectivity index (χ3v) is 6.00. The van der Waals surface area contributed by atoms with Crippen molar-refractivity contribution >= 4 is 5.91 Å². The summed E-state index contributed by atoms with van der Waals surface area (Å²) in [7, 11) is 0. The van der Waals surface area contributed by atoms with E-state index in [2.05, 4.69) is 19.7 Å². The Bertz CT molecular complexity index is 537. The van der Waals surface area contributed by atoms with Crippen LogP contribution in [0, 0.1) is 5.92 Å². The number of piperidine rings is 1. The van der Waals surface area contributed by atoms with Gasteiger partial charge in [-0.05, 0) is 38.0 Å². The molecular formula is C18H28N4O. The molecule has 23 heavy (non-hydrogen) atoms. The first kappa shape index (κ1) is 15.2. The minimum absolute atomic E-state index is 0.374. The van der Waals surface area contributed by atoms with Crippen LogP contribution in [-0.4, -0.2) is 38.7 Å². The number of hydrogen-bond acceptors (Lipinski definition) is 3. The van der Waals surface area contributed by atoms with Crippen molar-refractivity contribution < 1.29 is 4.79 Å². The molecule has 126 valence electrons. The summed E-state index contributed by atoms with van der Waals surface area (Å²) in [5.74, 6) is 2.83. The first-order valence-corrected chi connectivity index (χ1v) is 9.48. The van der Waals surface area contributed by atoms with Crippen LogP contribution >= 0.6 is 0 Å². The number of aromatic nitrogens is 3. The summed E-state index contributed by atoms with van der Waals surface area (Å²) < 4.78 is 2.28. The second-order valence-corrected chi connectivity index (χ2v) is 7.67. The molecule has 2 saturated carbocycles. The van der Waals surface area contributed by atoms with E-state index in [4.69, 9.17) is 0 Å². The molecular weight excluding hydrogens is 288 g/mol. The third kappa shape index (κ3) is 3.43. The second-order valence-electron chi connectivity index (χ2n) is 7.67. The van der Waals surface area contributed by atoms with Gasteiger partial charge in [-0.3, -0.25) is 4.79 Å². The number of hydrogen-bond donors (Lipinski definition) is 0. The number of carbonyl (C=O) groups excluding carboxylic acids is 1. The first-order chi connectivity index (χ1) is 11.3. The van der Waals surface area contributed by atoms with E-state index < -0.39 is 0 Å². The Morgan fingerprint density at radius 1 is 1.09 bits per heavy atom. The molecule has 3 fully saturated rings. The largest absolute Gasteiger partial charge is 0.343 e. The summed E-state index contributed by atoms with van der Waals surface area (Å²) in [5.41, 5.74) is 0. The Morgan fingerprint density at radius 3 is 2.52 bits per heavy atom. The molecule has 4 rings (SSSR count). The van der Waals surface area contributed by atoms with Crippen molar-refractivity contribution in [2.45, 2.75) is 76.2 Å². The van der Waals surface area contributed by atoms with E-state index in [9.17, 15) is 4.79 Å². The number of likely N-dealkylation sites (tertiary alicyclic amines) is 1. The van der Waals surface area contributed by atoms with Crippen molar-refractivity contribution in [2.24, 2.45) is 5.92 Å². The Morgan fingerprint density at radius 2 is 1.83 bits per heavy atom. The van der Waals surface area contributed by atoms with Crippen LogP contribution in [0.3, 0.4) is 0 Å². The van der Waals surface area contributed by atoms with Crippen LogP contribution in [0.25, 0.3) is 0 Å². The zero-order chi connectivity index (χ0) is 15.6. The van der Waals surface area contributed by atoms with Crippen LogP contribution in [-0.2, 0) is 4.79 Å². The van der Waals surface area contributed by atoms with Gasteiger partial charge in [0.15, 0.2) is 0 Å². The second kappa shape index (κ2) is 6.62. The average Bonchev–Trinajstić information content (AvgIpc) is 3.10. The Labute approximate surface area is 138 Å². The van der Waals surface area contributed by atoms with Crippen LogP contribution in [0.15, 0.2) is 6.33 Å². The van der Waals surface area contributed by atoms with E-state index in [1.54, 1.807) is 0 Å². The van der Waals surface area contributed by atoms with E-state index in [1.165, 1.54) is 38.5 Å². The minimum atomic E-state index is 0.374. The highest BCUT2D eigenvalue weighted by molar-refractivity contribution is 5.76. The lowest BCUT2D eigenvalue weighted by atomic mass is 9.95. The monoisotopic (exact) mass is 316 g/mol. The first-order valence-electron chi connectivity index (χ1n) is 9.48. The Hall–Kier alpha value is -1.39. The zero-order valence-electron chi connectivity index (χ0n) is 14.0. The van der Waals surface area contributed by atoms with E-state index in [0.717, 1.165) is 50.5 Å². The summed E-state index contributed by atoms with van der Waals surface area (Å²) in [6.07, 6.45) is 13.8. The molecule has 0 bridgehead atoms. The van der Waals surface area contributed by atoms with Gasteiger partial charge >= 0.3 is 0 Å². The molecule has 0 N–H and O–H groups in total. The van der Waals surface area contributed by atoms with Crippen molar-refractivity contribution in [2.75, 3.05) is 13.1 Å². The van der Waals surface area contributed by atoms with Crippen molar-refractivity contribution in [3.8, 4) is 0 Å². The van der Waals surface area contributed by atoms with E-state index in [0.29, 0.717) is 17.9 Å². The quantitative estimate of drug-likeness (QED) is 0.837. The normalized spacial score (nSPS) is 23.6. The third-order valence-electron chi connectivity index (χ3n) is 6.00. The molecule has 0 aromatic carbocycles. The van der Waals surface area contributed by atoms with Gasteiger partial charge in [-0.15, -0.1) is 10.2 Å². The van der Waals surface area contributed by atoms with E-state index in [1.807, 2.05) is 6.33 Å². The molecule has 1 aromatic heterocycles. The summed E-state index contributed by atoms with van der Waals surface area (Å²) in [6.45, 7) is 1.79. The molecule has 0 radical (unpaired) electrons. The molecule has 0 atom stereocenters. The van der Waals surface area contributed by atoms with E-state index >= 15 is 0 Å². The van der Waals surface area contributed by atoms with Gasteiger partial charge in [0.2, 0.25) is 5.91 Å². The summed E-state index contributed by atoms with van der Waals surface area (Å²) in [5, 5.41) is 8.49. The van der Waals surface area contributed by atoms with Crippen molar-refractivity contribution in [3.63, 3.8) is 0 Å². The van der Waals surface area contributed by atoms with E-state index in [-0.39, 0.29) is 0 Å². The fourth-order valence-electron chi connectivity index (χ4n) is 4.35. The maximum Gasteiger partial charge on any atom is 0.222 e. The number of carbonyl (C=O) groups is 1. The van der Waals surface area contributed by atoms with Crippen LogP contribution in [0.2, 0.25) is 0 Å². The topological polar surface area (TPSA) is 51.0 Å². The fourth-order valence-corrected chi connectivity index (χ4v) is 4.35. The SMILES string of the molecule is O=C(CCC1CCCC1)N1CCC(c2nncn2C2CC2)CC1. The van der Waals surface area contributed by atoms with Gasteiger partial charge in [-0.1, -0.05) is 25.7 Å². The fraction of sp³-hybridized carbons (Fsp3) is 0.833. The van der Waals surface area contributed by atoms with Crippen LogP contribution in [0.5, 0.6) is 0 Å². The average molecular weight is 316 g/mol. The van der Waals surface area contributed by atoms with Crippen molar-refractivity contribution in [3.05, 3.63) is 12.2 Å². The van der Waals surface area contributed by atoms with Gasteiger partial charge in [0.05, 0.1) is 0 Å². The molecule has 1 saturated heterocycles. The molecule has 0 spiro atoms. The standard InChI is InChI=1S/C18H28N4O/c23-17(8-5-14-3-1-2-4-14)21-11-9-15(10-12-21)18-20-19-13-22(18)16-6-7-16/h13-16H,1-12H2. The summed E-state index contributed by atoms with van der Waals surface area (Å²) in [4.78, 5) is 14.5. The Balaban J connectivity index is 1.26. The molecule has 5 heteroatoms. The van der Waals surface area contributed by atoms with Gasteiger partial charge in [0.1, 0.15) is 12.2 Å². The smallest absolute Gasteiger partial charge is 0.222 e. The number of nitrogens with zero attached hydrogens (tertiary/aromatic N) is 4. The zero-order valence-corrected chi connectivity index (χ0v) is 14.0. The lowest BCUT2D eigenvalue weighted by Gasteiger charge is -2.32. The maximum absolute atomic E-state index is 12.4. The minimum Gasteiger partial charge on any atom is -0.343 e. The molecule has 5 nitrogen and oxygen atoms in total. The Kier molecular flexibility index (Phi) is 4.36. The van der Waals surface area contributed by atoms with Gasteiger partial charge < -0.3 is 9.47 Å². The molecule has 1 aromatic rings. The number of amides is 1. The lowest BCUT2D eigenvalue weighted by molar-refractivity contribution is -0.132. The summed E-state index contributed by atoms with van der Waals surface area (Å²) in [6, 6.07) is 0.645. The molecule has 2 heterocycles. The van der Waals surface area contributed by atoms with Gasteiger partial charge in [-0.25, -0.2) is 0 Å². The highest BCUT2D eigenvalue weighted by atomic mass is 16.2. The molecule has 0 unspecified atom stereocenters.